The van der Waals surface area contributed by atoms with Crippen LogP contribution in [0.5, 0.6) is 0 Å². The highest BCUT2D eigenvalue weighted by Crippen LogP contribution is 2.42. The average molecular weight is 256 g/mol. The Labute approximate surface area is 106 Å². The van der Waals surface area contributed by atoms with E-state index in [9.17, 15) is 14.7 Å². The zero-order valence-electron chi connectivity index (χ0n) is 10.5. The third-order valence-electron chi connectivity index (χ3n) is 4.20. The molecule has 1 heterocycles. The van der Waals surface area contributed by atoms with E-state index in [2.05, 4.69) is 0 Å². The molecule has 0 aromatic rings. The molecule has 6 heteroatoms. The number of carboxylic acid groups (broad SMARTS) is 1. The molecule has 4 atom stereocenters. The lowest BCUT2D eigenvalue weighted by atomic mass is 9.94. The fourth-order valence-electron chi connectivity index (χ4n) is 3.33. The minimum Gasteiger partial charge on any atom is -0.480 e. The van der Waals surface area contributed by atoms with E-state index in [1.165, 1.54) is 12.0 Å². The van der Waals surface area contributed by atoms with Crippen LogP contribution in [0.2, 0.25) is 0 Å². The number of amides is 1. The van der Waals surface area contributed by atoms with Crippen LogP contribution in [0.1, 0.15) is 19.3 Å². The van der Waals surface area contributed by atoms with Gasteiger partial charge in [-0.1, -0.05) is 6.42 Å². The van der Waals surface area contributed by atoms with Crippen molar-refractivity contribution >= 4 is 11.9 Å². The number of carbonyl (C=O) groups is 2. The van der Waals surface area contributed by atoms with Gasteiger partial charge < -0.3 is 20.5 Å². The fraction of sp³-hybridized carbons (Fsp3) is 0.833. The van der Waals surface area contributed by atoms with Crippen molar-refractivity contribution in [2.24, 2.45) is 17.6 Å². The number of methoxy groups -OCH3 is 1. The second kappa shape index (κ2) is 5.24. The Bertz CT molecular complexity index is 343. The van der Waals surface area contributed by atoms with Crippen molar-refractivity contribution in [3.8, 4) is 0 Å². The van der Waals surface area contributed by atoms with Gasteiger partial charge in [-0.3, -0.25) is 4.79 Å². The van der Waals surface area contributed by atoms with Crippen LogP contribution in [0.4, 0.5) is 0 Å². The molecule has 2 fully saturated rings. The molecular formula is C12H20N2O4. The second-order valence-corrected chi connectivity index (χ2v) is 5.09. The largest absolute Gasteiger partial charge is 0.480 e. The smallest absolute Gasteiger partial charge is 0.326 e. The molecule has 18 heavy (non-hydrogen) atoms. The summed E-state index contributed by atoms with van der Waals surface area (Å²) in [5.74, 6) is -0.779. The second-order valence-electron chi connectivity index (χ2n) is 5.09. The standard InChI is InChI=1S/C12H20N2O4/c1-18-9(5-13)11(15)14-6-7-3-2-4-8(7)10(14)12(16)17/h7-10H,2-6,13H2,1H3,(H,16,17). The molecule has 0 aromatic heterocycles. The normalized spacial score (nSPS) is 32.3. The predicted molar refractivity (Wildman–Crippen MR) is 63.8 cm³/mol. The summed E-state index contributed by atoms with van der Waals surface area (Å²) in [5.41, 5.74) is 5.47. The first-order chi connectivity index (χ1) is 8.60. The van der Waals surface area contributed by atoms with E-state index in [1.807, 2.05) is 0 Å². The van der Waals surface area contributed by atoms with Crippen molar-refractivity contribution in [2.45, 2.75) is 31.4 Å². The summed E-state index contributed by atoms with van der Waals surface area (Å²) >= 11 is 0. The number of carbonyl (C=O) groups excluding carboxylic acids is 1. The minimum atomic E-state index is -0.912. The first-order valence-corrected chi connectivity index (χ1v) is 6.36. The van der Waals surface area contributed by atoms with Crippen molar-refractivity contribution in [2.75, 3.05) is 20.2 Å². The van der Waals surface area contributed by atoms with Crippen LogP contribution in [0.15, 0.2) is 0 Å². The number of carboxylic acids is 1. The van der Waals surface area contributed by atoms with Gasteiger partial charge in [0.1, 0.15) is 12.1 Å². The molecule has 1 aliphatic carbocycles. The number of likely N-dealkylation sites (tertiary alicyclic amines) is 1. The van der Waals surface area contributed by atoms with E-state index in [0.29, 0.717) is 12.5 Å². The highest BCUT2D eigenvalue weighted by atomic mass is 16.5. The molecule has 1 saturated heterocycles. The number of hydrogen-bond acceptors (Lipinski definition) is 4. The number of ether oxygens (including phenoxy) is 1. The van der Waals surface area contributed by atoms with Crippen molar-refractivity contribution in [1.82, 2.24) is 4.90 Å². The molecular weight excluding hydrogens is 236 g/mol. The Hall–Kier alpha value is -1.14. The van der Waals surface area contributed by atoms with Crippen LogP contribution >= 0.6 is 0 Å². The molecule has 2 rings (SSSR count). The first kappa shape index (κ1) is 13.3. The van der Waals surface area contributed by atoms with Gasteiger partial charge in [-0.05, 0) is 24.7 Å². The molecule has 0 bridgehead atoms. The molecule has 102 valence electrons. The molecule has 3 N–H and O–H groups in total. The van der Waals surface area contributed by atoms with Gasteiger partial charge in [0, 0.05) is 20.2 Å². The lowest BCUT2D eigenvalue weighted by Gasteiger charge is -2.27. The van der Waals surface area contributed by atoms with Gasteiger partial charge in [0.05, 0.1) is 0 Å². The fourth-order valence-corrected chi connectivity index (χ4v) is 3.33. The van der Waals surface area contributed by atoms with E-state index in [0.717, 1.165) is 19.3 Å². The highest BCUT2D eigenvalue weighted by Gasteiger charge is 2.50. The molecule has 4 unspecified atom stereocenters. The Kier molecular flexibility index (Phi) is 3.87. The van der Waals surface area contributed by atoms with E-state index >= 15 is 0 Å². The average Bonchev–Trinajstić information content (AvgIpc) is 2.88. The number of nitrogens with zero attached hydrogens (tertiary/aromatic N) is 1. The SMILES string of the molecule is COC(CN)C(=O)N1CC2CCCC2C1C(=O)O. The van der Waals surface area contributed by atoms with Gasteiger partial charge in [0.15, 0.2) is 0 Å². The predicted octanol–water partition coefficient (Wildman–Crippen LogP) is -0.328. The highest BCUT2D eigenvalue weighted by molar-refractivity contribution is 5.87. The van der Waals surface area contributed by atoms with E-state index < -0.39 is 18.1 Å². The van der Waals surface area contributed by atoms with E-state index in [4.69, 9.17) is 10.5 Å². The maximum absolute atomic E-state index is 12.2. The van der Waals surface area contributed by atoms with Gasteiger partial charge in [0.2, 0.25) is 0 Å². The number of hydrogen-bond donors (Lipinski definition) is 2. The molecule has 1 saturated carbocycles. The zero-order valence-corrected chi connectivity index (χ0v) is 10.5. The summed E-state index contributed by atoms with van der Waals surface area (Å²) < 4.78 is 5.01. The van der Waals surface area contributed by atoms with Gasteiger partial charge in [-0.15, -0.1) is 0 Å². The topological polar surface area (TPSA) is 92.9 Å². The number of rotatable bonds is 4. The third kappa shape index (κ3) is 2.10. The third-order valence-corrected chi connectivity index (χ3v) is 4.20. The van der Waals surface area contributed by atoms with Crippen molar-refractivity contribution < 1.29 is 19.4 Å². The van der Waals surface area contributed by atoms with Crippen LogP contribution in [-0.4, -0.2) is 54.2 Å². The summed E-state index contributed by atoms with van der Waals surface area (Å²) in [6.07, 6.45) is 2.24. The number of nitrogens with two attached hydrogens (primary N) is 1. The minimum absolute atomic E-state index is 0.0769. The molecule has 0 aromatic carbocycles. The molecule has 0 radical (unpaired) electrons. The maximum atomic E-state index is 12.2. The van der Waals surface area contributed by atoms with E-state index in [-0.39, 0.29) is 18.4 Å². The van der Waals surface area contributed by atoms with Gasteiger partial charge in [0.25, 0.3) is 5.91 Å². The van der Waals surface area contributed by atoms with Crippen molar-refractivity contribution in [1.29, 1.82) is 0 Å². The zero-order chi connectivity index (χ0) is 13.3. The Morgan fingerprint density at radius 2 is 2.22 bits per heavy atom. The van der Waals surface area contributed by atoms with Crippen LogP contribution in [-0.2, 0) is 14.3 Å². The van der Waals surface area contributed by atoms with Crippen LogP contribution in [0.25, 0.3) is 0 Å². The van der Waals surface area contributed by atoms with Crippen molar-refractivity contribution in [3.05, 3.63) is 0 Å². The summed E-state index contributed by atoms with van der Waals surface area (Å²) in [6.45, 7) is 0.605. The Balaban J connectivity index is 2.17. The van der Waals surface area contributed by atoms with E-state index in [1.54, 1.807) is 0 Å². The number of aliphatic carboxylic acids is 1. The molecule has 2 aliphatic rings. The summed E-state index contributed by atoms with van der Waals surface area (Å²) in [6, 6.07) is -0.700. The lowest BCUT2D eigenvalue weighted by molar-refractivity contribution is -0.153. The molecule has 0 spiro atoms. The van der Waals surface area contributed by atoms with Crippen molar-refractivity contribution in [3.63, 3.8) is 0 Å². The van der Waals surface area contributed by atoms with Gasteiger partial charge in [-0.25, -0.2) is 4.79 Å². The summed E-state index contributed by atoms with van der Waals surface area (Å²) in [7, 11) is 1.42. The summed E-state index contributed by atoms with van der Waals surface area (Å²) in [5, 5.41) is 9.34. The Morgan fingerprint density at radius 3 is 2.78 bits per heavy atom. The molecule has 1 aliphatic heterocycles. The maximum Gasteiger partial charge on any atom is 0.326 e. The number of fused-ring (bicyclic) bond motifs is 1. The lowest BCUT2D eigenvalue weighted by Crippen LogP contribution is -2.49. The van der Waals surface area contributed by atoms with Crippen LogP contribution in [0, 0.1) is 11.8 Å². The molecule has 6 nitrogen and oxygen atoms in total. The monoisotopic (exact) mass is 256 g/mol. The first-order valence-electron chi connectivity index (χ1n) is 6.36. The van der Waals surface area contributed by atoms with Gasteiger partial charge in [-0.2, -0.15) is 0 Å². The van der Waals surface area contributed by atoms with Crippen LogP contribution < -0.4 is 5.73 Å². The summed E-state index contributed by atoms with van der Waals surface area (Å²) in [4.78, 5) is 25.1. The van der Waals surface area contributed by atoms with Gasteiger partial charge >= 0.3 is 5.97 Å². The Morgan fingerprint density at radius 1 is 1.50 bits per heavy atom. The van der Waals surface area contributed by atoms with Crippen LogP contribution in [0.3, 0.4) is 0 Å². The quantitative estimate of drug-likeness (QED) is 0.718. The molecule has 1 amide bonds.